The molecule has 2 aromatic heterocycles. The Morgan fingerprint density at radius 3 is 3.10 bits per heavy atom. The minimum absolute atomic E-state index is 0.405. The Morgan fingerprint density at radius 1 is 1.33 bits per heavy atom. The van der Waals surface area contributed by atoms with Crippen LogP contribution in [-0.2, 0) is 4.74 Å². The molecule has 0 saturated heterocycles. The zero-order chi connectivity index (χ0) is 14.7. The largest absolute Gasteiger partial charge is 0.372 e. The third-order valence-corrected chi connectivity index (χ3v) is 3.20. The lowest BCUT2D eigenvalue weighted by molar-refractivity contribution is 0.240. The molecule has 0 unspecified atom stereocenters. The zero-order valence-corrected chi connectivity index (χ0v) is 12.1. The Bertz CT molecular complexity index is 845. The predicted octanol–water partition coefficient (Wildman–Crippen LogP) is 3.07. The number of pyridine rings is 1. The van der Waals surface area contributed by atoms with Crippen molar-refractivity contribution in [1.82, 2.24) is 14.8 Å². The number of rotatable bonds is 2. The van der Waals surface area contributed by atoms with Gasteiger partial charge in [0.25, 0.3) is 0 Å². The van der Waals surface area contributed by atoms with Crippen LogP contribution in [0.5, 0.6) is 0 Å². The fourth-order valence-corrected chi connectivity index (χ4v) is 2.20. The number of hydrogen-bond acceptors (Lipinski definition) is 3. The summed E-state index contributed by atoms with van der Waals surface area (Å²) in [6, 6.07) is 7.54. The van der Waals surface area contributed by atoms with Crippen molar-refractivity contribution in [3.05, 3.63) is 53.4 Å². The van der Waals surface area contributed by atoms with E-state index < -0.39 is 0 Å². The molecule has 2 heterocycles. The number of aromatic nitrogens is 3. The van der Waals surface area contributed by atoms with Crippen LogP contribution >= 0.6 is 11.6 Å². The van der Waals surface area contributed by atoms with Gasteiger partial charge in [-0.1, -0.05) is 23.4 Å². The van der Waals surface area contributed by atoms with E-state index in [1.165, 1.54) is 0 Å². The third kappa shape index (κ3) is 2.89. The van der Waals surface area contributed by atoms with Gasteiger partial charge in [0.1, 0.15) is 6.61 Å². The molecule has 21 heavy (non-hydrogen) atoms. The van der Waals surface area contributed by atoms with Crippen molar-refractivity contribution in [2.24, 2.45) is 0 Å². The van der Waals surface area contributed by atoms with E-state index in [0.29, 0.717) is 11.6 Å². The molecule has 0 atom stereocenters. The molecule has 0 bridgehead atoms. The van der Waals surface area contributed by atoms with Gasteiger partial charge in [-0.25, -0.2) is 4.68 Å². The van der Waals surface area contributed by atoms with E-state index in [0.717, 1.165) is 22.2 Å². The first-order valence-electron chi connectivity index (χ1n) is 6.35. The number of hydrogen-bond donors (Lipinski definition) is 0. The summed E-state index contributed by atoms with van der Waals surface area (Å²) < 4.78 is 6.69. The van der Waals surface area contributed by atoms with E-state index in [2.05, 4.69) is 21.9 Å². The number of methoxy groups -OCH3 is 1. The van der Waals surface area contributed by atoms with Crippen LogP contribution in [0.15, 0.2) is 42.9 Å². The van der Waals surface area contributed by atoms with Gasteiger partial charge in [0.2, 0.25) is 0 Å². The second kappa shape index (κ2) is 5.96. The minimum atomic E-state index is 0.405. The quantitative estimate of drug-likeness (QED) is 0.683. The maximum absolute atomic E-state index is 6.00. The molecule has 0 spiro atoms. The maximum Gasteiger partial charge on any atom is 0.107 e. The summed E-state index contributed by atoms with van der Waals surface area (Å²) in [5.74, 6) is 5.90. The van der Waals surface area contributed by atoms with Crippen molar-refractivity contribution in [2.45, 2.75) is 0 Å². The van der Waals surface area contributed by atoms with Crippen molar-refractivity contribution in [3.8, 4) is 17.5 Å². The molecule has 0 saturated carbocycles. The van der Waals surface area contributed by atoms with Crippen molar-refractivity contribution < 1.29 is 4.74 Å². The standard InChI is InChI=1S/C16H12ClN3O/c1-21-8-2-3-12-10-19-20(11-12)16-6-7-18-15-9-13(17)4-5-14(15)16/h4-7,9-11H,8H2,1H3. The highest BCUT2D eigenvalue weighted by Gasteiger charge is 2.06. The van der Waals surface area contributed by atoms with Gasteiger partial charge in [-0.05, 0) is 24.3 Å². The second-order valence-electron chi connectivity index (χ2n) is 4.40. The van der Waals surface area contributed by atoms with Gasteiger partial charge in [-0.2, -0.15) is 5.10 Å². The molecular formula is C16H12ClN3O. The molecule has 0 N–H and O–H groups in total. The number of fused-ring (bicyclic) bond motifs is 1. The van der Waals surface area contributed by atoms with E-state index in [4.69, 9.17) is 16.3 Å². The Balaban J connectivity index is 2.03. The van der Waals surface area contributed by atoms with Gasteiger partial charge in [-0.15, -0.1) is 0 Å². The lowest BCUT2D eigenvalue weighted by Crippen LogP contribution is -1.96. The fourth-order valence-electron chi connectivity index (χ4n) is 2.04. The van der Waals surface area contributed by atoms with Crippen LogP contribution in [0.25, 0.3) is 16.6 Å². The highest BCUT2D eigenvalue weighted by Crippen LogP contribution is 2.23. The number of benzene rings is 1. The maximum atomic E-state index is 6.00. The minimum Gasteiger partial charge on any atom is -0.372 e. The van der Waals surface area contributed by atoms with E-state index in [1.54, 1.807) is 24.2 Å². The monoisotopic (exact) mass is 297 g/mol. The topological polar surface area (TPSA) is 39.9 Å². The smallest absolute Gasteiger partial charge is 0.107 e. The summed E-state index contributed by atoms with van der Waals surface area (Å²) in [6.07, 6.45) is 5.35. The molecule has 1 aromatic carbocycles. The SMILES string of the molecule is COCC#Cc1cnn(-c2ccnc3cc(Cl)ccc23)c1. The Hall–Kier alpha value is -2.35. The summed E-state index contributed by atoms with van der Waals surface area (Å²) in [4.78, 5) is 4.33. The molecule has 5 heteroatoms. The third-order valence-electron chi connectivity index (χ3n) is 2.96. The van der Waals surface area contributed by atoms with Gasteiger partial charge < -0.3 is 4.74 Å². The highest BCUT2D eigenvalue weighted by atomic mass is 35.5. The van der Waals surface area contributed by atoms with E-state index in [1.807, 2.05) is 30.5 Å². The molecule has 0 radical (unpaired) electrons. The summed E-state index contributed by atoms with van der Waals surface area (Å²) in [5.41, 5.74) is 2.62. The lowest BCUT2D eigenvalue weighted by Gasteiger charge is -2.05. The Morgan fingerprint density at radius 2 is 2.24 bits per heavy atom. The molecule has 3 aromatic rings. The van der Waals surface area contributed by atoms with Crippen molar-refractivity contribution in [3.63, 3.8) is 0 Å². The summed E-state index contributed by atoms with van der Waals surface area (Å²) in [5, 5.41) is 6.00. The predicted molar refractivity (Wildman–Crippen MR) is 82.6 cm³/mol. The van der Waals surface area contributed by atoms with Crippen LogP contribution in [0.1, 0.15) is 5.56 Å². The molecule has 0 aliphatic heterocycles. The molecule has 0 fully saturated rings. The molecular weight excluding hydrogens is 286 g/mol. The second-order valence-corrected chi connectivity index (χ2v) is 4.84. The number of ether oxygens (including phenoxy) is 1. The normalized spacial score (nSPS) is 10.4. The van der Waals surface area contributed by atoms with Crippen molar-refractivity contribution in [1.29, 1.82) is 0 Å². The van der Waals surface area contributed by atoms with Crippen LogP contribution in [0.4, 0.5) is 0 Å². The van der Waals surface area contributed by atoms with E-state index in [-0.39, 0.29) is 0 Å². The van der Waals surface area contributed by atoms with Gasteiger partial charge in [0.15, 0.2) is 0 Å². The molecule has 3 rings (SSSR count). The van der Waals surface area contributed by atoms with Crippen molar-refractivity contribution in [2.75, 3.05) is 13.7 Å². The molecule has 0 aliphatic rings. The summed E-state index contributed by atoms with van der Waals surface area (Å²) in [6.45, 7) is 0.405. The molecule has 0 amide bonds. The first-order valence-corrected chi connectivity index (χ1v) is 6.73. The van der Waals surface area contributed by atoms with Gasteiger partial charge in [-0.3, -0.25) is 4.98 Å². The summed E-state index contributed by atoms with van der Waals surface area (Å²) >= 11 is 6.00. The summed E-state index contributed by atoms with van der Waals surface area (Å²) in [7, 11) is 1.62. The van der Waals surface area contributed by atoms with Crippen LogP contribution < -0.4 is 0 Å². The first kappa shape index (κ1) is 13.6. The van der Waals surface area contributed by atoms with Crippen LogP contribution in [0, 0.1) is 11.8 Å². The molecule has 104 valence electrons. The Kier molecular flexibility index (Phi) is 3.87. The van der Waals surface area contributed by atoms with Crippen LogP contribution in [-0.4, -0.2) is 28.5 Å². The van der Waals surface area contributed by atoms with E-state index in [9.17, 15) is 0 Å². The van der Waals surface area contributed by atoms with Crippen LogP contribution in [0.2, 0.25) is 5.02 Å². The van der Waals surface area contributed by atoms with Gasteiger partial charge in [0.05, 0.1) is 23.0 Å². The van der Waals surface area contributed by atoms with Crippen LogP contribution in [0.3, 0.4) is 0 Å². The molecule has 4 nitrogen and oxygen atoms in total. The van der Waals surface area contributed by atoms with Crippen molar-refractivity contribution >= 4 is 22.5 Å². The lowest BCUT2D eigenvalue weighted by atomic mass is 10.2. The highest BCUT2D eigenvalue weighted by molar-refractivity contribution is 6.31. The van der Waals surface area contributed by atoms with E-state index >= 15 is 0 Å². The first-order chi connectivity index (χ1) is 10.3. The number of nitrogens with zero attached hydrogens (tertiary/aromatic N) is 3. The zero-order valence-electron chi connectivity index (χ0n) is 11.4. The van der Waals surface area contributed by atoms with Gasteiger partial charge >= 0.3 is 0 Å². The average molecular weight is 298 g/mol. The average Bonchev–Trinajstić information content (AvgIpc) is 2.95. The fraction of sp³-hybridized carbons (Fsp3) is 0.125. The Labute approximate surface area is 127 Å². The number of halogens is 1. The molecule has 0 aliphatic carbocycles. The van der Waals surface area contributed by atoms with Gasteiger partial charge in [0, 0.05) is 29.9 Å².